The molecule has 0 bridgehead atoms. The molecule has 0 N–H and O–H groups in total. The van der Waals surface area contributed by atoms with Crippen molar-refractivity contribution < 1.29 is 14.4 Å². The molecular weight excluding hydrogens is 340 g/mol. The average molecular weight is 364 g/mol. The van der Waals surface area contributed by atoms with E-state index >= 15 is 0 Å². The lowest BCUT2D eigenvalue weighted by atomic mass is 10.0. The van der Waals surface area contributed by atoms with Crippen molar-refractivity contribution in [2.45, 2.75) is 33.2 Å². The number of hydrogen-bond donors (Lipinski definition) is 0. The highest BCUT2D eigenvalue weighted by Crippen LogP contribution is 2.25. The van der Waals surface area contributed by atoms with Crippen molar-refractivity contribution in [3.8, 4) is 0 Å². The Hall–Kier alpha value is -2.95. The zero-order valence-electron chi connectivity index (χ0n) is 16.0. The van der Waals surface area contributed by atoms with Crippen LogP contribution >= 0.6 is 0 Å². The molecule has 0 fully saturated rings. The van der Waals surface area contributed by atoms with E-state index in [1.807, 2.05) is 38.1 Å². The van der Waals surface area contributed by atoms with Gasteiger partial charge in [0.05, 0.1) is 11.1 Å². The smallest absolute Gasteiger partial charge is 0.261 e. The molecule has 0 atom stereocenters. The largest absolute Gasteiger partial charge is 0.337 e. The van der Waals surface area contributed by atoms with Gasteiger partial charge in [-0.1, -0.05) is 43.2 Å². The molecule has 3 rings (SSSR count). The van der Waals surface area contributed by atoms with Crippen LogP contribution in [0.3, 0.4) is 0 Å². The Morgan fingerprint density at radius 3 is 2.33 bits per heavy atom. The normalized spacial score (nSPS) is 13.1. The van der Waals surface area contributed by atoms with E-state index < -0.39 is 0 Å². The Balaban J connectivity index is 1.78. The van der Waals surface area contributed by atoms with E-state index in [1.165, 1.54) is 10.5 Å². The molecule has 27 heavy (non-hydrogen) atoms. The summed E-state index contributed by atoms with van der Waals surface area (Å²) >= 11 is 0. The SMILES string of the molecule is CCCCN1C(=O)c2ccc(C(=O)N(C)Cc3ccc(C)cc3)cc2C1=O. The second-order valence-corrected chi connectivity index (χ2v) is 7.02. The van der Waals surface area contributed by atoms with Gasteiger partial charge in [-0.3, -0.25) is 19.3 Å². The fourth-order valence-electron chi connectivity index (χ4n) is 3.20. The first-order valence-corrected chi connectivity index (χ1v) is 9.23. The van der Waals surface area contributed by atoms with Crippen LogP contribution in [-0.4, -0.2) is 41.1 Å². The fourth-order valence-corrected chi connectivity index (χ4v) is 3.20. The van der Waals surface area contributed by atoms with E-state index in [4.69, 9.17) is 0 Å². The van der Waals surface area contributed by atoms with Crippen molar-refractivity contribution in [3.63, 3.8) is 0 Å². The quantitative estimate of drug-likeness (QED) is 0.735. The van der Waals surface area contributed by atoms with Crippen LogP contribution in [0, 0.1) is 6.92 Å². The zero-order chi connectivity index (χ0) is 19.6. The van der Waals surface area contributed by atoms with Crippen molar-refractivity contribution in [2.75, 3.05) is 13.6 Å². The monoisotopic (exact) mass is 364 g/mol. The van der Waals surface area contributed by atoms with Gasteiger partial charge in [-0.05, 0) is 37.1 Å². The van der Waals surface area contributed by atoms with E-state index in [1.54, 1.807) is 30.1 Å². The summed E-state index contributed by atoms with van der Waals surface area (Å²) in [6.45, 7) is 4.93. The maximum Gasteiger partial charge on any atom is 0.261 e. The van der Waals surface area contributed by atoms with E-state index in [0.29, 0.717) is 29.8 Å². The van der Waals surface area contributed by atoms with Gasteiger partial charge in [0.2, 0.25) is 0 Å². The molecule has 5 nitrogen and oxygen atoms in total. The number of carbonyl (C=O) groups is 3. The summed E-state index contributed by atoms with van der Waals surface area (Å²) in [6.07, 6.45) is 1.68. The highest BCUT2D eigenvalue weighted by molar-refractivity contribution is 6.22. The van der Waals surface area contributed by atoms with E-state index in [-0.39, 0.29) is 17.7 Å². The summed E-state index contributed by atoms with van der Waals surface area (Å²) in [5.74, 6) is -0.750. The summed E-state index contributed by atoms with van der Waals surface area (Å²) in [4.78, 5) is 40.6. The number of imide groups is 1. The van der Waals surface area contributed by atoms with E-state index in [2.05, 4.69) is 0 Å². The van der Waals surface area contributed by atoms with Crippen molar-refractivity contribution in [1.82, 2.24) is 9.80 Å². The minimum atomic E-state index is -0.306. The number of fused-ring (bicyclic) bond motifs is 1. The number of carbonyl (C=O) groups excluding carboxylic acids is 3. The predicted octanol–water partition coefficient (Wildman–Crippen LogP) is 3.66. The molecule has 1 aliphatic rings. The van der Waals surface area contributed by atoms with Gasteiger partial charge in [0.25, 0.3) is 17.7 Å². The average Bonchev–Trinajstić information content (AvgIpc) is 2.91. The Morgan fingerprint density at radius 2 is 1.67 bits per heavy atom. The minimum Gasteiger partial charge on any atom is -0.337 e. The standard InChI is InChI=1S/C22H24N2O3/c1-4-5-12-24-21(26)18-11-10-17(13-19(18)22(24)27)20(25)23(3)14-16-8-6-15(2)7-9-16/h6-11,13H,4-5,12,14H2,1-3H3. The number of rotatable bonds is 6. The van der Waals surface area contributed by atoms with Crippen molar-refractivity contribution in [2.24, 2.45) is 0 Å². The molecule has 1 heterocycles. The molecular formula is C22H24N2O3. The summed E-state index contributed by atoms with van der Waals surface area (Å²) in [5.41, 5.74) is 3.33. The van der Waals surface area contributed by atoms with Crippen LogP contribution in [0.4, 0.5) is 0 Å². The molecule has 140 valence electrons. The molecule has 0 radical (unpaired) electrons. The van der Waals surface area contributed by atoms with Crippen LogP contribution in [0.25, 0.3) is 0 Å². The molecule has 2 aromatic rings. The highest BCUT2D eigenvalue weighted by atomic mass is 16.2. The number of nitrogens with zero attached hydrogens (tertiary/aromatic N) is 2. The van der Waals surface area contributed by atoms with Gasteiger partial charge >= 0.3 is 0 Å². The van der Waals surface area contributed by atoms with Crippen LogP contribution in [0.1, 0.15) is 62.0 Å². The van der Waals surface area contributed by atoms with Crippen molar-refractivity contribution >= 4 is 17.7 Å². The molecule has 0 saturated carbocycles. The first kappa shape index (κ1) is 18.8. The molecule has 1 aliphatic heterocycles. The number of hydrogen-bond acceptors (Lipinski definition) is 3. The van der Waals surface area contributed by atoms with Gasteiger partial charge < -0.3 is 4.90 Å². The van der Waals surface area contributed by atoms with Gasteiger partial charge in [-0.25, -0.2) is 0 Å². The maximum atomic E-state index is 12.8. The van der Waals surface area contributed by atoms with Gasteiger partial charge in [0.15, 0.2) is 0 Å². The Kier molecular flexibility index (Phi) is 5.40. The zero-order valence-corrected chi connectivity index (χ0v) is 16.0. The second kappa shape index (κ2) is 7.74. The molecule has 0 aromatic heterocycles. The second-order valence-electron chi connectivity index (χ2n) is 7.02. The molecule has 0 aliphatic carbocycles. The Labute approximate surface area is 159 Å². The fraction of sp³-hybridized carbons (Fsp3) is 0.318. The third kappa shape index (κ3) is 3.77. The molecule has 0 unspecified atom stereocenters. The molecule has 0 saturated heterocycles. The first-order chi connectivity index (χ1) is 12.9. The molecule has 2 aromatic carbocycles. The molecule has 0 spiro atoms. The van der Waals surface area contributed by atoms with Crippen LogP contribution < -0.4 is 0 Å². The van der Waals surface area contributed by atoms with Crippen molar-refractivity contribution in [1.29, 1.82) is 0 Å². The number of aryl methyl sites for hydroxylation is 1. The van der Waals surface area contributed by atoms with E-state index in [0.717, 1.165) is 18.4 Å². The topological polar surface area (TPSA) is 57.7 Å². The Bertz CT molecular complexity index is 887. The van der Waals surface area contributed by atoms with Gasteiger partial charge in [0.1, 0.15) is 0 Å². The molecule has 3 amide bonds. The van der Waals surface area contributed by atoms with Crippen molar-refractivity contribution in [3.05, 3.63) is 70.3 Å². The lowest BCUT2D eigenvalue weighted by Crippen LogP contribution is -2.30. The van der Waals surface area contributed by atoms with Gasteiger partial charge in [-0.2, -0.15) is 0 Å². The van der Waals surface area contributed by atoms with Crippen LogP contribution in [0.2, 0.25) is 0 Å². The molecule has 5 heteroatoms. The summed E-state index contributed by atoms with van der Waals surface area (Å²) in [7, 11) is 1.73. The highest BCUT2D eigenvalue weighted by Gasteiger charge is 2.35. The Morgan fingerprint density at radius 1 is 1.00 bits per heavy atom. The van der Waals surface area contributed by atoms with Crippen LogP contribution in [0.5, 0.6) is 0 Å². The van der Waals surface area contributed by atoms with Gasteiger partial charge in [0, 0.05) is 25.7 Å². The van der Waals surface area contributed by atoms with Crippen LogP contribution in [0.15, 0.2) is 42.5 Å². The first-order valence-electron chi connectivity index (χ1n) is 9.23. The number of benzene rings is 2. The number of amides is 3. The summed E-state index contributed by atoms with van der Waals surface area (Å²) < 4.78 is 0. The maximum absolute atomic E-state index is 12.8. The van der Waals surface area contributed by atoms with Gasteiger partial charge in [-0.15, -0.1) is 0 Å². The number of unbranched alkanes of at least 4 members (excludes halogenated alkanes) is 1. The third-order valence-corrected chi connectivity index (χ3v) is 4.84. The minimum absolute atomic E-state index is 0.175. The third-order valence-electron chi connectivity index (χ3n) is 4.84. The lowest BCUT2D eigenvalue weighted by Gasteiger charge is -2.17. The lowest BCUT2D eigenvalue weighted by molar-refractivity contribution is 0.0652. The summed E-state index contributed by atoms with van der Waals surface area (Å²) in [6, 6.07) is 12.8. The predicted molar refractivity (Wildman–Crippen MR) is 104 cm³/mol. The van der Waals surface area contributed by atoms with E-state index in [9.17, 15) is 14.4 Å². The van der Waals surface area contributed by atoms with Crippen LogP contribution in [-0.2, 0) is 6.54 Å². The summed E-state index contributed by atoms with van der Waals surface area (Å²) in [5, 5.41) is 0.